The van der Waals surface area contributed by atoms with E-state index < -0.39 is 23.6 Å². The molecule has 114 valence electrons. The van der Waals surface area contributed by atoms with Crippen LogP contribution in [0.25, 0.3) is 0 Å². The maximum Gasteiger partial charge on any atom is 0.402 e. The van der Waals surface area contributed by atoms with Crippen molar-refractivity contribution in [1.29, 1.82) is 0 Å². The molecule has 0 saturated carbocycles. The second-order valence-corrected chi connectivity index (χ2v) is 4.92. The Bertz CT molecular complexity index is 406. The van der Waals surface area contributed by atoms with Gasteiger partial charge in [0.05, 0.1) is 5.38 Å². The quantitative estimate of drug-likeness (QED) is 0.496. The van der Waals surface area contributed by atoms with Crippen molar-refractivity contribution in [3.05, 3.63) is 35.4 Å². The highest BCUT2D eigenvalue weighted by Crippen LogP contribution is 2.49. The van der Waals surface area contributed by atoms with Crippen LogP contribution < -0.4 is 0 Å². The fraction of sp³-hybridized carbons (Fsp3) is 0.538. The van der Waals surface area contributed by atoms with Crippen LogP contribution in [-0.2, 0) is 6.42 Å². The van der Waals surface area contributed by atoms with Crippen molar-refractivity contribution in [2.24, 2.45) is 5.92 Å². The maximum atomic E-state index is 12.5. The molecule has 0 radical (unpaired) electrons. The summed E-state index contributed by atoms with van der Waals surface area (Å²) in [7, 11) is 0. The molecule has 1 aromatic carbocycles. The van der Waals surface area contributed by atoms with Crippen molar-refractivity contribution in [2.45, 2.75) is 37.5 Å². The van der Waals surface area contributed by atoms with Gasteiger partial charge in [0.1, 0.15) is 0 Å². The lowest BCUT2D eigenvalue weighted by molar-refractivity contribution is -0.284. The topological polar surface area (TPSA) is 0 Å². The molecule has 1 rings (SSSR count). The van der Waals surface area contributed by atoms with Crippen LogP contribution in [0.4, 0.5) is 26.3 Å². The van der Waals surface area contributed by atoms with Crippen molar-refractivity contribution in [1.82, 2.24) is 0 Å². The summed E-state index contributed by atoms with van der Waals surface area (Å²) in [5.41, 5.74) is 0.654. The number of benzene rings is 1. The number of hydrogen-bond donors (Lipinski definition) is 0. The molecule has 0 spiro atoms. The Labute approximate surface area is 117 Å². The van der Waals surface area contributed by atoms with E-state index in [1.807, 2.05) is 6.92 Å². The van der Waals surface area contributed by atoms with Gasteiger partial charge in [0.25, 0.3) is 0 Å². The molecule has 0 nitrogen and oxygen atoms in total. The highest BCUT2D eigenvalue weighted by atomic mass is 35.5. The van der Waals surface area contributed by atoms with Crippen molar-refractivity contribution >= 4 is 11.6 Å². The normalized spacial score (nSPS) is 14.7. The molecule has 1 atom stereocenters. The summed E-state index contributed by atoms with van der Waals surface area (Å²) in [6, 6.07) is 5.43. The van der Waals surface area contributed by atoms with E-state index >= 15 is 0 Å². The lowest BCUT2D eigenvalue weighted by Crippen LogP contribution is -2.39. The Morgan fingerprint density at radius 3 is 1.75 bits per heavy atom. The van der Waals surface area contributed by atoms with E-state index in [2.05, 4.69) is 0 Å². The molecule has 0 bridgehead atoms. The molecule has 1 unspecified atom stereocenters. The van der Waals surface area contributed by atoms with Gasteiger partial charge in [0.2, 0.25) is 0 Å². The van der Waals surface area contributed by atoms with Crippen molar-refractivity contribution < 1.29 is 26.3 Å². The van der Waals surface area contributed by atoms with E-state index in [1.165, 1.54) is 24.3 Å². The third-order valence-corrected chi connectivity index (χ3v) is 3.34. The summed E-state index contributed by atoms with van der Waals surface area (Å²) in [4.78, 5) is 0. The van der Waals surface area contributed by atoms with Gasteiger partial charge in [-0.25, -0.2) is 0 Å². The number of aryl methyl sites for hydroxylation is 1. The Hall–Kier alpha value is -0.910. The molecular weight excluding hydrogens is 306 g/mol. The van der Waals surface area contributed by atoms with Gasteiger partial charge < -0.3 is 0 Å². The lowest BCUT2D eigenvalue weighted by atomic mass is 9.96. The number of halogens is 7. The van der Waals surface area contributed by atoms with Gasteiger partial charge in [0, 0.05) is 0 Å². The standard InChI is InChI=1S/C13H13ClF6/c1-2-3-8-4-6-9(7-5-8)10(14)11(12(15,16)17)13(18,19)20/h4-7,10-11H,2-3H2,1H3. The Kier molecular flexibility index (Phi) is 5.35. The summed E-state index contributed by atoms with van der Waals surface area (Å²) < 4.78 is 75.3. The first-order valence-electron chi connectivity index (χ1n) is 5.93. The van der Waals surface area contributed by atoms with Crippen LogP contribution in [-0.4, -0.2) is 12.4 Å². The third kappa shape index (κ3) is 4.30. The monoisotopic (exact) mass is 318 g/mol. The molecule has 7 heteroatoms. The Morgan fingerprint density at radius 1 is 0.950 bits per heavy atom. The fourth-order valence-corrected chi connectivity index (χ4v) is 2.30. The summed E-state index contributed by atoms with van der Waals surface area (Å²) in [6.07, 6.45) is -9.34. The van der Waals surface area contributed by atoms with Gasteiger partial charge in [-0.3, -0.25) is 0 Å². The first-order chi connectivity index (χ1) is 9.07. The molecule has 0 aliphatic heterocycles. The van der Waals surface area contributed by atoms with Crippen LogP contribution in [0.2, 0.25) is 0 Å². The Balaban J connectivity index is 3.04. The molecule has 0 aromatic heterocycles. The predicted octanol–water partition coefficient (Wildman–Crippen LogP) is 5.66. The summed E-state index contributed by atoms with van der Waals surface area (Å²) >= 11 is 5.43. The summed E-state index contributed by atoms with van der Waals surface area (Å²) in [6.45, 7) is 1.92. The van der Waals surface area contributed by atoms with E-state index in [4.69, 9.17) is 11.6 Å². The summed E-state index contributed by atoms with van der Waals surface area (Å²) in [5, 5.41) is -2.19. The highest BCUT2D eigenvalue weighted by molar-refractivity contribution is 6.21. The van der Waals surface area contributed by atoms with Crippen LogP contribution in [0.5, 0.6) is 0 Å². The van der Waals surface area contributed by atoms with Crippen LogP contribution >= 0.6 is 11.6 Å². The van der Waals surface area contributed by atoms with E-state index in [0.29, 0.717) is 6.42 Å². The van der Waals surface area contributed by atoms with E-state index in [0.717, 1.165) is 12.0 Å². The van der Waals surface area contributed by atoms with Crippen LogP contribution in [0.15, 0.2) is 24.3 Å². The van der Waals surface area contributed by atoms with Gasteiger partial charge in [-0.2, -0.15) is 26.3 Å². The van der Waals surface area contributed by atoms with Crippen molar-refractivity contribution in [3.8, 4) is 0 Å². The molecule has 0 N–H and O–H groups in total. The average Bonchev–Trinajstić information content (AvgIpc) is 2.26. The minimum absolute atomic E-state index is 0.189. The molecule has 0 aliphatic rings. The second kappa shape index (κ2) is 6.24. The molecule has 0 heterocycles. The molecule has 0 fully saturated rings. The number of hydrogen-bond acceptors (Lipinski definition) is 0. The van der Waals surface area contributed by atoms with Crippen molar-refractivity contribution in [3.63, 3.8) is 0 Å². The van der Waals surface area contributed by atoms with Gasteiger partial charge in [-0.1, -0.05) is 37.6 Å². The highest BCUT2D eigenvalue weighted by Gasteiger charge is 2.60. The minimum Gasteiger partial charge on any atom is -0.170 e. The van der Waals surface area contributed by atoms with E-state index in [9.17, 15) is 26.3 Å². The average molecular weight is 319 g/mol. The maximum absolute atomic E-state index is 12.5. The molecular formula is C13H13ClF6. The number of rotatable bonds is 4. The van der Waals surface area contributed by atoms with Crippen LogP contribution in [0.1, 0.15) is 29.8 Å². The zero-order chi connectivity index (χ0) is 15.6. The third-order valence-electron chi connectivity index (χ3n) is 2.83. The van der Waals surface area contributed by atoms with E-state index in [-0.39, 0.29) is 5.56 Å². The number of alkyl halides is 7. The Morgan fingerprint density at radius 2 is 1.40 bits per heavy atom. The van der Waals surface area contributed by atoms with Crippen LogP contribution in [0.3, 0.4) is 0 Å². The van der Waals surface area contributed by atoms with Gasteiger partial charge in [-0.05, 0) is 17.5 Å². The summed E-state index contributed by atoms with van der Waals surface area (Å²) in [5.74, 6) is -3.58. The molecule has 1 aromatic rings. The molecule has 0 saturated heterocycles. The van der Waals surface area contributed by atoms with Crippen LogP contribution in [0, 0.1) is 5.92 Å². The second-order valence-electron chi connectivity index (χ2n) is 4.45. The predicted molar refractivity (Wildman–Crippen MR) is 64.6 cm³/mol. The SMILES string of the molecule is CCCc1ccc(C(Cl)C(C(F)(F)F)C(F)(F)F)cc1. The fourth-order valence-electron chi connectivity index (χ4n) is 1.87. The largest absolute Gasteiger partial charge is 0.402 e. The molecule has 20 heavy (non-hydrogen) atoms. The first-order valence-corrected chi connectivity index (χ1v) is 6.37. The smallest absolute Gasteiger partial charge is 0.170 e. The zero-order valence-corrected chi connectivity index (χ0v) is 11.3. The zero-order valence-electron chi connectivity index (χ0n) is 10.5. The van der Waals surface area contributed by atoms with Crippen molar-refractivity contribution in [2.75, 3.05) is 0 Å². The molecule has 0 amide bonds. The lowest BCUT2D eigenvalue weighted by Gasteiger charge is -2.27. The van der Waals surface area contributed by atoms with E-state index in [1.54, 1.807) is 0 Å². The van der Waals surface area contributed by atoms with Gasteiger partial charge in [0.15, 0.2) is 5.92 Å². The molecule has 0 aliphatic carbocycles. The van der Waals surface area contributed by atoms with Gasteiger partial charge in [-0.15, -0.1) is 11.6 Å². The minimum atomic E-state index is -5.44. The van der Waals surface area contributed by atoms with Gasteiger partial charge >= 0.3 is 12.4 Å². The first kappa shape index (κ1) is 17.1.